The Kier molecular flexibility index (Phi) is 7.64. The average Bonchev–Trinajstić information content (AvgIpc) is 2.46. The summed E-state index contributed by atoms with van der Waals surface area (Å²) in [6.45, 7) is 0.678. The Balaban J connectivity index is 2.38. The molecule has 0 saturated heterocycles. The second kappa shape index (κ2) is 9.30. The van der Waals surface area contributed by atoms with Crippen molar-refractivity contribution >= 4 is 11.6 Å². The van der Waals surface area contributed by atoms with Crippen molar-refractivity contribution in [2.45, 2.75) is 12.5 Å². The lowest BCUT2D eigenvalue weighted by atomic mass is 10.2. The maximum absolute atomic E-state index is 11.8. The van der Waals surface area contributed by atoms with Crippen LogP contribution in [0, 0.1) is 0 Å². The van der Waals surface area contributed by atoms with Crippen LogP contribution < -0.4 is 15.4 Å². The standard InChI is InChI=1S/C14H22N2O4/c1-19-10-12(7-8-17)15-9-14(18)16-11-3-5-13(20-2)6-4-11/h3-6,12,15,17H,7-10H2,1-2H3,(H,16,18). The molecule has 1 aromatic carbocycles. The van der Waals surface area contributed by atoms with E-state index < -0.39 is 0 Å². The maximum atomic E-state index is 11.8. The first-order chi connectivity index (χ1) is 9.69. The number of hydrogen-bond acceptors (Lipinski definition) is 5. The second-order valence-electron chi connectivity index (χ2n) is 4.32. The first-order valence-corrected chi connectivity index (χ1v) is 6.46. The van der Waals surface area contributed by atoms with E-state index in [1.165, 1.54) is 0 Å². The van der Waals surface area contributed by atoms with Crippen LogP contribution in [0.2, 0.25) is 0 Å². The van der Waals surface area contributed by atoms with Crippen molar-refractivity contribution in [1.29, 1.82) is 0 Å². The van der Waals surface area contributed by atoms with Gasteiger partial charge in [0.1, 0.15) is 5.75 Å². The third kappa shape index (κ3) is 6.01. The van der Waals surface area contributed by atoms with Gasteiger partial charge in [-0.2, -0.15) is 0 Å². The van der Waals surface area contributed by atoms with Crippen molar-refractivity contribution in [3.8, 4) is 5.75 Å². The molecule has 3 N–H and O–H groups in total. The quantitative estimate of drug-likeness (QED) is 0.619. The van der Waals surface area contributed by atoms with Crippen molar-refractivity contribution in [2.75, 3.05) is 39.3 Å². The summed E-state index contributed by atoms with van der Waals surface area (Å²) in [5, 5.41) is 14.7. The van der Waals surface area contributed by atoms with Gasteiger partial charge >= 0.3 is 0 Å². The number of amides is 1. The normalized spacial score (nSPS) is 11.9. The Bertz CT molecular complexity index is 389. The molecule has 1 rings (SSSR count). The minimum atomic E-state index is -0.144. The number of aliphatic hydroxyl groups is 1. The predicted molar refractivity (Wildman–Crippen MR) is 77.0 cm³/mol. The van der Waals surface area contributed by atoms with Gasteiger partial charge in [-0.1, -0.05) is 0 Å². The second-order valence-corrected chi connectivity index (χ2v) is 4.32. The van der Waals surface area contributed by atoms with Crippen LogP contribution in [0.4, 0.5) is 5.69 Å². The van der Waals surface area contributed by atoms with E-state index in [1.54, 1.807) is 38.5 Å². The molecule has 0 saturated carbocycles. The Morgan fingerprint density at radius 2 is 2.00 bits per heavy atom. The monoisotopic (exact) mass is 282 g/mol. The van der Waals surface area contributed by atoms with Gasteiger partial charge in [0.05, 0.1) is 20.3 Å². The average molecular weight is 282 g/mol. The minimum absolute atomic E-state index is 0.0355. The predicted octanol–water partition coefficient (Wildman–Crippen LogP) is 0.621. The van der Waals surface area contributed by atoms with Crippen LogP contribution in [0.1, 0.15) is 6.42 Å². The van der Waals surface area contributed by atoms with Crippen LogP contribution in [0.3, 0.4) is 0 Å². The molecule has 0 aromatic heterocycles. The first-order valence-electron chi connectivity index (χ1n) is 6.46. The van der Waals surface area contributed by atoms with Crippen molar-refractivity contribution in [2.24, 2.45) is 0 Å². The molecule has 6 nitrogen and oxygen atoms in total. The highest BCUT2D eigenvalue weighted by molar-refractivity contribution is 5.92. The molecule has 20 heavy (non-hydrogen) atoms. The zero-order valence-electron chi connectivity index (χ0n) is 11.9. The molecule has 0 fully saturated rings. The smallest absolute Gasteiger partial charge is 0.238 e. The van der Waals surface area contributed by atoms with Gasteiger partial charge in [-0.05, 0) is 30.7 Å². The van der Waals surface area contributed by atoms with E-state index in [-0.39, 0.29) is 25.1 Å². The van der Waals surface area contributed by atoms with E-state index in [0.29, 0.717) is 18.7 Å². The lowest BCUT2D eigenvalue weighted by Crippen LogP contribution is -2.39. The summed E-state index contributed by atoms with van der Waals surface area (Å²) in [4.78, 5) is 11.8. The molecule has 0 heterocycles. The van der Waals surface area contributed by atoms with Crippen molar-refractivity contribution in [3.05, 3.63) is 24.3 Å². The number of hydrogen-bond donors (Lipinski definition) is 3. The largest absolute Gasteiger partial charge is 0.497 e. The molecule has 1 unspecified atom stereocenters. The lowest BCUT2D eigenvalue weighted by Gasteiger charge is -2.16. The van der Waals surface area contributed by atoms with Gasteiger partial charge in [-0.15, -0.1) is 0 Å². The van der Waals surface area contributed by atoms with Crippen LogP contribution >= 0.6 is 0 Å². The maximum Gasteiger partial charge on any atom is 0.238 e. The van der Waals surface area contributed by atoms with E-state index in [9.17, 15) is 4.79 Å². The number of nitrogens with one attached hydrogen (secondary N) is 2. The number of carbonyl (C=O) groups is 1. The molecule has 0 bridgehead atoms. The molecule has 6 heteroatoms. The lowest BCUT2D eigenvalue weighted by molar-refractivity contribution is -0.115. The molecule has 1 aromatic rings. The zero-order chi connectivity index (χ0) is 14.8. The van der Waals surface area contributed by atoms with E-state index in [0.717, 1.165) is 5.75 Å². The molecule has 0 spiro atoms. The SMILES string of the molecule is COCC(CCO)NCC(=O)Nc1ccc(OC)cc1. The highest BCUT2D eigenvalue weighted by Crippen LogP contribution is 2.14. The number of ether oxygens (including phenoxy) is 2. The molecular formula is C14H22N2O4. The van der Waals surface area contributed by atoms with Crippen LogP contribution in [-0.4, -0.2) is 51.0 Å². The summed E-state index contributed by atoms with van der Waals surface area (Å²) in [6, 6.07) is 7.07. The number of methoxy groups -OCH3 is 2. The Labute approximate surface area is 119 Å². The van der Waals surface area contributed by atoms with Crippen molar-refractivity contribution in [1.82, 2.24) is 5.32 Å². The molecular weight excluding hydrogens is 260 g/mol. The number of aliphatic hydroxyl groups excluding tert-OH is 1. The first kappa shape index (κ1) is 16.4. The summed E-state index contributed by atoms with van der Waals surface area (Å²) in [5.74, 6) is 0.596. The fourth-order valence-corrected chi connectivity index (χ4v) is 1.72. The highest BCUT2D eigenvalue weighted by Gasteiger charge is 2.09. The number of rotatable bonds is 9. The summed E-state index contributed by atoms with van der Waals surface area (Å²) in [7, 11) is 3.18. The summed E-state index contributed by atoms with van der Waals surface area (Å²) < 4.78 is 10.1. The zero-order valence-corrected chi connectivity index (χ0v) is 11.9. The summed E-state index contributed by atoms with van der Waals surface area (Å²) >= 11 is 0. The van der Waals surface area contributed by atoms with Crippen molar-refractivity contribution in [3.63, 3.8) is 0 Å². The summed E-state index contributed by atoms with van der Waals surface area (Å²) in [6.07, 6.45) is 0.545. The highest BCUT2D eigenvalue weighted by atomic mass is 16.5. The Morgan fingerprint density at radius 1 is 1.30 bits per heavy atom. The van der Waals surface area contributed by atoms with Gasteiger partial charge in [0, 0.05) is 25.4 Å². The van der Waals surface area contributed by atoms with Gasteiger partial charge in [-0.3, -0.25) is 4.79 Å². The van der Waals surface area contributed by atoms with Gasteiger partial charge in [0.25, 0.3) is 0 Å². The number of benzene rings is 1. The number of anilines is 1. The van der Waals surface area contributed by atoms with E-state index >= 15 is 0 Å². The van der Waals surface area contributed by atoms with Gasteiger partial charge in [0.2, 0.25) is 5.91 Å². The minimum Gasteiger partial charge on any atom is -0.497 e. The summed E-state index contributed by atoms with van der Waals surface area (Å²) in [5.41, 5.74) is 0.711. The Hall–Kier alpha value is -1.63. The fraction of sp³-hybridized carbons (Fsp3) is 0.500. The molecule has 0 aliphatic rings. The molecule has 112 valence electrons. The Morgan fingerprint density at radius 3 is 2.55 bits per heavy atom. The van der Waals surface area contributed by atoms with Crippen LogP contribution in [0.5, 0.6) is 5.75 Å². The van der Waals surface area contributed by atoms with Crippen LogP contribution in [0.15, 0.2) is 24.3 Å². The van der Waals surface area contributed by atoms with Gasteiger partial charge in [0.15, 0.2) is 0 Å². The molecule has 0 aliphatic carbocycles. The van der Waals surface area contributed by atoms with Crippen LogP contribution in [-0.2, 0) is 9.53 Å². The topological polar surface area (TPSA) is 79.8 Å². The van der Waals surface area contributed by atoms with E-state index in [2.05, 4.69) is 10.6 Å². The van der Waals surface area contributed by atoms with Crippen LogP contribution in [0.25, 0.3) is 0 Å². The molecule has 0 radical (unpaired) electrons. The van der Waals surface area contributed by atoms with Gasteiger partial charge < -0.3 is 25.2 Å². The van der Waals surface area contributed by atoms with E-state index in [4.69, 9.17) is 14.6 Å². The molecule has 0 aliphatic heterocycles. The third-order valence-electron chi connectivity index (χ3n) is 2.77. The van der Waals surface area contributed by atoms with Crippen molar-refractivity contribution < 1.29 is 19.4 Å². The molecule has 1 amide bonds. The van der Waals surface area contributed by atoms with E-state index in [1.807, 2.05) is 0 Å². The molecule has 1 atom stereocenters. The number of carbonyl (C=O) groups excluding carboxylic acids is 1. The third-order valence-corrected chi connectivity index (χ3v) is 2.77. The van der Waals surface area contributed by atoms with Gasteiger partial charge in [-0.25, -0.2) is 0 Å². The fourth-order valence-electron chi connectivity index (χ4n) is 1.72.